The van der Waals surface area contributed by atoms with Crippen molar-refractivity contribution in [1.29, 1.82) is 0 Å². The SMILES string of the molecule is Cc1cnc(NCC2CCCCC2Cl)nc1. The second-order valence-electron chi connectivity index (χ2n) is 4.53. The quantitative estimate of drug-likeness (QED) is 0.824. The van der Waals surface area contributed by atoms with Gasteiger partial charge in [0.1, 0.15) is 0 Å². The van der Waals surface area contributed by atoms with Crippen molar-refractivity contribution in [2.24, 2.45) is 5.92 Å². The van der Waals surface area contributed by atoms with Gasteiger partial charge >= 0.3 is 0 Å². The zero-order valence-electron chi connectivity index (χ0n) is 9.62. The van der Waals surface area contributed by atoms with E-state index in [4.69, 9.17) is 11.6 Å². The van der Waals surface area contributed by atoms with Gasteiger partial charge in [-0.25, -0.2) is 9.97 Å². The van der Waals surface area contributed by atoms with Gasteiger partial charge in [0.15, 0.2) is 0 Å². The van der Waals surface area contributed by atoms with Gasteiger partial charge in [0.05, 0.1) is 0 Å². The molecule has 2 unspecified atom stereocenters. The Hall–Kier alpha value is -0.830. The predicted octanol–water partition coefficient (Wildman–Crippen LogP) is 2.99. The van der Waals surface area contributed by atoms with Gasteiger partial charge in [-0.05, 0) is 31.2 Å². The number of aryl methyl sites for hydroxylation is 1. The first kappa shape index (κ1) is 11.6. The van der Waals surface area contributed by atoms with E-state index in [-0.39, 0.29) is 0 Å². The maximum atomic E-state index is 6.29. The van der Waals surface area contributed by atoms with Crippen LogP contribution in [0.3, 0.4) is 0 Å². The summed E-state index contributed by atoms with van der Waals surface area (Å²) in [5.74, 6) is 1.26. The fraction of sp³-hybridized carbons (Fsp3) is 0.667. The Morgan fingerprint density at radius 1 is 1.31 bits per heavy atom. The van der Waals surface area contributed by atoms with E-state index < -0.39 is 0 Å². The molecular weight excluding hydrogens is 222 g/mol. The van der Waals surface area contributed by atoms with Crippen LogP contribution < -0.4 is 5.32 Å². The molecule has 0 aromatic carbocycles. The number of nitrogens with one attached hydrogen (secondary N) is 1. The number of aromatic nitrogens is 2. The molecule has 1 heterocycles. The van der Waals surface area contributed by atoms with Crippen LogP contribution in [0.1, 0.15) is 31.2 Å². The van der Waals surface area contributed by atoms with E-state index in [1.54, 1.807) is 0 Å². The number of hydrogen-bond donors (Lipinski definition) is 1. The number of nitrogens with zero attached hydrogens (tertiary/aromatic N) is 2. The van der Waals surface area contributed by atoms with Crippen LogP contribution >= 0.6 is 11.6 Å². The van der Waals surface area contributed by atoms with Gasteiger partial charge in [-0.2, -0.15) is 0 Å². The van der Waals surface area contributed by atoms with Crippen LogP contribution in [0.5, 0.6) is 0 Å². The van der Waals surface area contributed by atoms with Crippen LogP contribution in [0, 0.1) is 12.8 Å². The number of anilines is 1. The van der Waals surface area contributed by atoms with Crippen molar-refractivity contribution in [2.75, 3.05) is 11.9 Å². The number of rotatable bonds is 3. The number of halogens is 1. The normalized spacial score (nSPS) is 25.4. The Morgan fingerprint density at radius 3 is 2.69 bits per heavy atom. The summed E-state index contributed by atoms with van der Waals surface area (Å²) in [5, 5.41) is 3.58. The minimum Gasteiger partial charge on any atom is -0.354 e. The lowest BCUT2D eigenvalue weighted by molar-refractivity contribution is 0.380. The maximum Gasteiger partial charge on any atom is 0.222 e. The van der Waals surface area contributed by atoms with E-state index in [9.17, 15) is 0 Å². The Morgan fingerprint density at radius 2 is 2.00 bits per heavy atom. The molecule has 1 saturated carbocycles. The molecule has 88 valence electrons. The molecule has 1 aromatic rings. The minimum atomic E-state index is 0.312. The van der Waals surface area contributed by atoms with Gasteiger partial charge in [-0.15, -0.1) is 11.6 Å². The monoisotopic (exact) mass is 239 g/mol. The second-order valence-corrected chi connectivity index (χ2v) is 5.09. The van der Waals surface area contributed by atoms with Gasteiger partial charge < -0.3 is 5.32 Å². The van der Waals surface area contributed by atoms with Crippen LogP contribution in [-0.4, -0.2) is 21.9 Å². The first-order valence-corrected chi connectivity index (χ1v) is 6.36. The first-order valence-electron chi connectivity index (χ1n) is 5.92. The third kappa shape index (κ3) is 3.08. The van der Waals surface area contributed by atoms with Crippen LogP contribution in [0.2, 0.25) is 0 Å². The molecule has 4 heteroatoms. The largest absolute Gasteiger partial charge is 0.354 e. The van der Waals surface area contributed by atoms with Crippen LogP contribution in [0.15, 0.2) is 12.4 Å². The third-order valence-electron chi connectivity index (χ3n) is 3.12. The molecule has 1 aliphatic rings. The van der Waals surface area contributed by atoms with Crippen molar-refractivity contribution in [1.82, 2.24) is 9.97 Å². The lowest BCUT2D eigenvalue weighted by atomic mass is 9.89. The summed E-state index contributed by atoms with van der Waals surface area (Å²) in [5.41, 5.74) is 1.08. The molecule has 0 spiro atoms. The van der Waals surface area contributed by atoms with Crippen molar-refractivity contribution in [3.63, 3.8) is 0 Å². The van der Waals surface area contributed by atoms with Gasteiger partial charge in [0, 0.05) is 24.3 Å². The van der Waals surface area contributed by atoms with Gasteiger partial charge in [-0.3, -0.25) is 0 Å². The van der Waals surface area contributed by atoms with E-state index in [1.807, 2.05) is 19.3 Å². The van der Waals surface area contributed by atoms with E-state index >= 15 is 0 Å². The summed E-state index contributed by atoms with van der Waals surface area (Å²) in [7, 11) is 0. The average Bonchev–Trinajstić information content (AvgIpc) is 2.30. The highest BCUT2D eigenvalue weighted by atomic mass is 35.5. The molecule has 0 saturated heterocycles. The molecule has 1 fully saturated rings. The van der Waals surface area contributed by atoms with Crippen molar-refractivity contribution < 1.29 is 0 Å². The molecule has 0 bridgehead atoms. The molecule has 1 aliphatic carbocycles. The van der Waals surface area contributed by atoms with Crippen molar-refractivity contribution in [2.45, 2.75) is 38.0 Å². The van der Waals surface area contributed by atoms with Crippen LogP contribution in [0.25, 0.3) is 0 Å². The Bertz CT molecular complexity index is 326. The highest BCUT2D eigenvalue weighted by molar-refractivity contribution is 6.20. The molecule has 0 radical (unpaired) electrons. The summed E-state index contributed by atoms with van der Waals surface area (Å²) in [6.07, 6.45) is 8.58. The highest BCUT2D eigenvalue weighted by Crippen LogP contribution is 2.28. The van der Waals surface area contributed by atoms with Crippen molar-refractivity contribution >= 4 is 17.5 Å². The molecule has 3 nitrogen and oxygen atoms in total. The fourth-order valence-corrected chi connectivity index (χ4v) is 2.47. The smallest absolute Gasteiger partial charge is 0.222 e. The molecule has 1 N–H and O–H groups in total. The molecular formula is C12H18ClN3. The minimum absolute atomic E-state index is 0.312. The summed E-state index contributed by atoms with van der Waals surface area (Å²) in [6.45, 7) is 2.87. The lowest BCUT2D eigenvalue weighted by Crippen LogP contribution is -2.27. The summed E-state index contributed by atoms with van der Waals surface area (Å²) in [6, 6.07) is 0. The second kappa shape index (κ2) is 5.48. The molecule has 16 heavy (non-hydrogen) atoms. The standard InChI is InChI=1S/C12H18ClN3/c1-9-6-14-12(15-7-9)16-8-10-4-2-3-5-11(10)13/h6-7,10-11H,2-5,8H2,1H3,(H,14,15,16). The third-order valence-corrected chi connectivity index (χ3v) is 3.69. The van der Waals surface area contributed by atoms with E-state index in [2.05, 4.69) is 15.3 Å². The van der Waals surface area contributed by atoms with E-state index in [0.29, 0.717) is 17.2 Å². The van der Waals surface area contributed by atoms with Crippen molar-refractivity contribution in [3.8, 4) is 0 Å². The fourth-order valence-electron chi connectivity index (χ4n) is 2.10. The molecule has 0 aliphatic heterocycles. The number of hydrogen-bond acceptors (Lipinski definition) is 3. The van der Waals surface area contributed by atoms with Gasteiger partial charge in [0.25, 0.3) is 0 Å². The topological polar surface area (TPSA) is 37.8 Å². The number of alkyl halides is 1. The summed E-state index contributed by atoms with van der Waals surface area (Å²) < 4.78 is 0. The molecule has 0 amide bonds. The first-order chi connectivity index (χ1) is 7.75. The van der Waals surface area contributed by atoms with Gasteiger partial charge in [0.2, 0.25) is 5.95 Å². The molecule has 1 aromatic heterocycles. The summed E-state index contributed by atoms with van der Waals surface area (Å²) in [4.78, 5) is 8.44. The van der Waals surface area contributed by atoms with Crippen molar-refractivity contribution in [3.05, 3.63) is 18.0 Å². The lowest BCUT2D eigenvalue weighted by Gasteiger charge is -2.26. The Labute approximate surface area is 102 Å². The Balaban J connectivity index is 1.84. The van der Waals surface area contributed by atoms with Gasteiger partial charge in [-0.1, -0.05) is 12.8 Å². The predicted molar refractivity (Wildman–Crippen MR) is 66.9 cm³/mol. The average molecular weight is 240 g/mol. The zero-order valence-corrected chi connectivity index (χ0v) is 10.4. The van der Waals surface area contributed by atoms with Crippen LogP contribution in [-0.2, 0) is 0 Å². The van der Waals surface area contributed by atoms with E-state index in [1.165, 1.54) is 19.3 Å². The van der Waals surface area contributed by atoms with E-state index in [0.717, 1.165) is 18.5 Å². The highest BCUT2D eigenvalue weighted by Gasteiger charge is 2.22. The maximum absolute atomic E-state index is 6.29. The van der Waals surface area contributed by atoms with Crippen LogP contribution in [0.4, 0.5) is 5.95 Å². The summed E-state index contributed by atoms with van der Waals surface area (Å²) >= 11 is 6.29. The molecule has 2 rings (SSSR count). The zero-order chi connectivity index (χ0) is 11.4. The Kier molecular flexibility index (Phi) is 3.99. The molecule has 2 atom stereocenters.